The molecule has 2 atom stereocenters. The molecule has 1 aliphatic rings. The topological polar surface area (TPSA) is 29.3 Å². The highest BCUT2D eigenvalue weighted by Crippen LogP contribution is 2.34. The zero-order chi connectivity index (χ0) is 13.0. The second-order valence-corrected chi connectivity index (χ2v) is 4.96. The molecule has 1 fully saturated rings. The Kier molecular flexibility index (Phi) is 4.24. The normalized spacial score (nSPS) is 23.8. The molecule has 2 rings (SSSR count). The van der Waals surface area contributed by atoms with Gasteiger partial charge in [0.05, 0.1) is 0 Å². The van der Waals surface area contributed by atoms with Crippen LogP contribution in [0, 0.1) is 0 Å². The first-order chi connectivity index (χ1) is 8.76. The van der Waals surface area contributed by atoms with Gasteiger partial charge in [-0.25, -0.2) is 0 Å². The van der Waals surface area contributed by atoms with Gasteiger partial charge in [0.1, 0.15) is 0 Å². The molecule has 18 heavy (non-hydrogen) atoms. The van der Waals surface area contributed by atoms with Crippen LogP contribution < -0.4 is 5.73 Å². The molecule has 0 saturated carbocycles. The van der Waals surface area contributed by atoms with E-state index in [9.17, 15) is 0 Å². The molecule has 2 nitrogen and oxygen atoms in total. The third kappa shape index (κ3) is 2.66. The lowest BCUT2D eigenvalue weighted by Gasteiger charge is -2.24. The fourth-order valence-corrected chi connectivity index (χ4v) is 2.88. The van der Waals surface area contributed by atoms with Crippen molar-refractivity contribution in [2.24, 2.45) is 0 Å². The predicted octanol–water partition coefficient (Wildman–Crippen LogP) is 3.18. The Morgan fingerprint density at radius 3 is 2.78 bits per heavy atom. The molecular weight excluding hydrogens is 220 g/mol. The first-order valence-electron chi connectivity index (χ1n) is 6.71. The summed E-state index contributed by atoms with van der Waals surface area (Å²) >= 11 is 0. The maximum absolute atomic E-state index is 5.75. The molecule has 0 unspecified atom stereocenters. The Labute approximate surface area is 110 Å². The minimum atomic E-state index is 0.436. The van der Waals surface area contributed by atoms with Crippen LogP contribution >= 0.6 is 0 Å². The number of nitrogen functional groups attached to an aromatic ring is 1. The molecular formula is C16H22N2. The third-order valence-electron chi connectivity index (χ3n) is 3.73. The van der Waals surface area contributed by atoms with Gasteiger partial charge in [-0.1, -0.05) is 25.6 Å². The van der Waals surface area contributed by atoms with E-state index in [2.05, 4.69) is 42.3 Å². The largest absolute Gasteiger partial charge is 0.399 e. The van der Waals surface area contributed by atoms with Crippen LogP contribution in [0.4, 0.5) is 5.69 Å². The molecule has 0 spiro atoms. The molecule has 2 N–H and O–H groups in total. The zero-order valence-electron chi connectivity index (χ0n) is 11.1. The maximum Gasteiger partial charge on any atom is 0.0421 e. The van der Waals surface area contributed by atoms with E-state index in [1.807, 2.05) is 12.1 Å². The Hall–Kier alpha value is -1.50. The SMILES string of the molecule is C=C=C[C@H]1[C@H](c2ccc(N)cc2)CCN1CCC. The lowest BCUT2D eigenvalue weighted by molar-refractivity contribution is 0.283. The second-order valence-electron chi connectivity index (χ2n) is 4.96. The van der Waals surface area contributed by atoms with Crippen molar-refractivity contribution in [1.82, 2.24) is 4.90 Å². The van der Waals surface area contributed by atoms with E-state index in [4.69, 9.17) is 5.73 Å². The van der Waals surface area contributed by atoms with Gasteiger partial charge >= 0.3 is 0 Å². The van der Waals surface area contributed by atoms with Gasteiger partial charge in [-0.3, -0.25) is 4.90 Å². The molecule has 0 radical (unpaired) electrons. The summed E-state index contributed by atoms with van der Waals surface area (Å²) in [6, 6.07) is 8.73. The summed E-state index contributed by atoms with van der Waals surface area (Å²) in [5, 5.41) is 0. The first-order valence-corrected chi connectivity index (χ1v) is 6.71. The zero-order valence-corrected chi connectivity index (χ0v) is 11.1. The number of anilines is 1. The molecule has 0 bridgehead atoms. The molecule has 1 aromatic rings. The van der Waals surface area contributed by atoms with E-state index in [-0.39, 0.29) is 0 Å². The van der Waals surface area contributed by atoms with Gasteiger partial charge in [0.2, 0.25) is 0 Å². The maximum atomic E-state index is 5.75. The van der Waals surface area contributed by atoms with Crippen LogP contribution in [0.2, 0.25) is 0 Å². The van der Waals surface area contributed by atoms with Crippen molar-refractivity contribution in [2.45, 2.75) is 31.7 Å². The summed E-state index contributed by atoms with van der Waals surface area (Å²) in [7, 11) is 0. The quantitative estimate of drug-likeness (QED) is 0.649. The van der Waals surface area contributed by atoms with Crippen LogP contribution in [0.15, 0.2) is 42.7 Å². The molecule has 1 aliphatic heterocycles. The van der Waals surface area contributed by atoms with Crippen LogP contribution in [-0.4, -0.2) is 24.0 Å². The van der Waals surface area contributed by atoms with Gasteiger partial charge in [-0.05, 0) is 49.7 Å². The molecule has 0 aliphatic carbocycles. The molecule has 96 valence electrons. The van der Waals surface area contributed by atoms with E-state index in [0.29, 0.717) is 12.0 Å². The average Bonchev–Trinajstić information content (AvgIpc) is 2.75. The molecule has 0 aromatic heterocycles. The number of benzene rings is 1. The van der Waals surface area contributed by atoms with Gasteiger partial charge in [-0.15, -0.1) is 5.73 Å². The average molecular weight is 242 g/mol. The highest BCUT2D eigenvalue weighted by atomic mass is 15.2. The number of rotatable bonds is 4. The van der Waals surface area contributed by atoms with E-state index >= 15 is 0 Å². The van der Waals surface area contributed by atoms with Crippen LogP contribution in [0.5, 0.6) is 0 Å². The van der Waals surface area contributed by atoms with Crippen molar-refractivity contribution in [3.05, 3.63) is 48.2 Å². The number of nitrogens with zero attached hydrogens (tertiary/aromatic N) is 1. The summed E-state index contributed by atoms with van der Waals surface area (Å²) in [5.41, 5.74) is 10.9. The standard InChI is InChI=1S/C16H22N2/c1-3-5-16-15(10-12-18(16)11-4-2)13-6-8-14(17)9-7-13/h5-9,15-16H,1,4,10-12,17H2,2H3/t15-,16-/m0/s1. The predicted molar refractivity (Wildman–Crippen MR) is 77.6 cm³/mol. The van der Waals surface area contributed by atoms with Crippen molar-refractivity contribution in [1.29, 1.82) is 0 Å². The minimum Gasteiger partial charge on any atom is -0.399 e. The van der Waals surface area contributed by atoms with Crippen LogP contribution in [0.25, 0.3) is 0 Å². The fourth-order valence-electron chi connectivity index (χ4n) is 2.88. The number of nitrogens with two attached hydrogens (primary N) is 1. The van der Waals surface area contributed by atoms with Crippen molar-refractivity contribution < 1.29 is 0 Å². The van der Waals surface area contributed by atoms with Crippen molar-refractivity contribution in [3.8, 4) is 0 Å². The minimum absolute atomic E-state index is 0.436. The van der Waals surface area contributed by atoms with Gasteiger partial charge in [0.15, 0.2) is 0 Å². The van der Waals surface area contributed by atoms with Gasteiger partial charge < -0.3 is 5.73 Å². The fraction of sp³-hybridized carbons (Fsp3) is 0.438. The highest BCUT2D eigenvalue weighted by Gasteiger charge is 2.32. The summed E-state index contributed by atoms with van der Waals surface area (Å²) < 4.78 is 0. The van der Waals surface area contributed by atoms with Crippen molar-refractivity contribution in [3.63, 3.8) is 0 Å². The summed E-state index contributed by atoms with van der Waals surface area (Å²) in [6.07, 6.45) is 4.51. The number of hydrogen-bond donors (Lipinski definition) is 1. The summed E-state index contributed by atoms with van der Waals surface area (Å²) in [4.78, 5) is 2.53. The molecule has 2 heteroatoms. The van der Waals surface area contributed by atoms with E-state index in [1.165, 1.54) is 18.4 Å². The molecule has 1 heterocycles. The van der Waals surface area contributed by atoms with Crippen molar-refractivity contribution in [2.75, 3.05) is 18.8 Å². The lowest BCUT2D eigenvalue weighted by atomic mass is 9.91. The van der Waals surface area contributed by atoms with Gasteiger partial charge in [-0.2, -0.15) is 0 Å². The summed E-state index contributed by atoms with van der Waals surface area (Å²) in [6.45, 7) is 8.27. The van der Waals surface area contributed by atoms with Gasteiger partial charge in [0, 0.05) is 17.6 Å². The smallest absolute Gasteiger partial charge is 0.0421 e. The molecule has 0 amide bonds. The number of likely N-dealkylation sites (tertiary alicyclic amines) is 1. The van der Waals surface area contributed by atoms with E-state index < -0.39 is 0 Å². The first kappa shape index (κ1) is 12.9. The Bertz CT molecular complexity index is 429. The van der Waals surface area contributed by atoms with Crippen LogP contribution in [0.3, 0.4) is 0 Å². The lowest BCUT2D eigenvalue weighted by Crippen LogP contribution is -2.31. The second kappa shape index (κ2) is 5.90. The summed E-state index contributed by atoms with van der Waals surface area (Å²) in [5.74, 6) is 0.548. The van der Waals surface area contributed by atoms with E-state index in [0.717, 1.165) is 18.8 Å². The van der Waals surface area contributed by atoms with Crippen LogP contribution in [-0.2, 0) is 0 Å². The number of hydrogen-bond acceptors (Lipinski definition) is 2. The van der Waals surface area contributed by atoms with Gasteiger partial charge in [0.25, 0.3) is 0 Å². The Morgan fingerprint density at radius 1 is 1.44 bits per heavy atom. The molecule has 1 saturated heterocycles. The van der Waals surface area contributed by atoms with Crippen LogP contribution in [0.1, 0.15) is 31.2 Å². The van der Waals surface area contributed by atoms with Crippen molar-refractivity contribution >= 4 is 5.69 Å². The van der Waals surface area contributed by atoms with E-state index in [1.54, 1.807) is 0 Å². The Balaban J connectivity index is 2.21. The Morgan fingerprint density at radius 2 is 2.17 bits per heavy atom. The molecule has 1 aromatic carbocycles. The highest BCUT2D eigenvalue weighted by molar-refractivity contribution is 5.41. The monoisotopic (exact) mass is 242 g/mol. The third-order valence-corrected chi connectivity index (χ3v) is 3.73.